The number of aromatic hydroxyl groups is 1. The zero-order valence-electron chi connectivity index (χ0n) is 10.7. The maximum atomic E-state index is 11.4. The van der Waals surface area contributed by atoms with Gasteiger partial charge in [0.05, 0.1) is 6.61 Å². The summed E-state index contributed by atoms with van der Waals surface area (Å²) in [4.78, 5) is 33.3. The molecule has 108 valence electrons. The molecule has 0 heterocycles. The lowest BCUT2D eigenvalue weighted by molar-refractivity contribution is -0.141. The van der Waals surface area contributed by atoms with Crippen molar-refractivity contribution in [2.24, 2.45) is 0 Å². The lowest BCUT2D eigenvalue weighted by atomic mass is 10.2. The van der Waals surface area contributed by atoms with Crippen molar-refractivity contribution in [3.63, 3.8) is 0 Å². The number of carbonyl (C=O) groups excluding carboxylic acids is 2. The number of rotatable bonds is 5. The number of carboxylic acid groups (broad SMARTS) is 1. The van der Waals surface area contributed by atoms with Crippen LogP contribution in [0.25, 0.3) is 0 Å². The Labute approximate surface area is 114 Å². The number of carbonyl (C=O) groups is 3. The smallest absolute Gasteiger partial charge is 0.339 e. The Kier molecular flexibility index (Phi) is 5.33. The summed E-state index contributed by atoms with van der Waals surface area (Å²) in [6.45, 7) is 1.55. The lowest BCUT2D eigenvalue weighted by Gasteiger charge is -2.08. The molecule has 20 heavy (non-hydrogen) atoms. The van der Waals surface area contributed by atoms with E-state index in [0.29, 0.717) is 0 Å². The van der Waals surface area contributed by atoms with Crippen LogP contribution < -0.4 is 10.6 Å². The molecule has 8 heteroatoms. The molecule has 0 aliphatic rings. The third kappa shape index (κ3) is 4.48. The third-order valence-electron chi connectivity index (χ3n) is 2.18. The molecule has 1 aromatic rings. The van der Waals surface area contributed by atoms with Gasteiger partial charge in [0.25, 0.3) is 0 Å². The molecule has 0 spiro atoms. The van der Waals surface area contributed by atoms with Crippen LogP contribution in [0.1, 0.15) is 17.3 Å². The number of carboxylic acids is 1. The molecule has 0 aliphatic carbocycles. The monoisotopic (exact) mass is 282 g/mol. The van der Waals surface area contributed by atoms with Gasteiger partial charge in [-0.1, -0.05) is 0 Å². The summed E-state index contributed by atoms with van der Waals surface area (Å²) >= 11 is 0. The second kappa shape index (κ2) is 6.98. The molecule has 0 unspecified atom stereocenters. The van der Waals surface area contributed by atoms with Gasteiger partial charge in [-0.05, 0) is 25.1 Å². The molecule has 0 radical (unpaired) electrons. The van der Waals surface area contributed by atoms with Crippen molar-refractivity contribution in [2.75, 3.05) is 18.5 Å². The van der Waals surface area contributed by atoms with E-state index in [1.54, 1.807) is 6.92 Å². The van der Waals surface area contributed by atoms with Crippen LogP contribution in [0, 0.1) is 0 Å². The first-order chi connectivity index (χ1) is 9.43. The summed E-state index contributed by atoms with van der Waals surface area (Å²) in [6.07, 6.45) is 0. The van der Waals surface area contributed by atoms with Gasteiger partial charge in [-0.2, -0.15) is 0 Å². The molecule has 4 N–H and O–H groups in total. The van der Waals surface area contributed by atoms with Crippen molar-refractivity contribution in [3.8, 4) is 5.75 Å². The van der Waals surface area contributed by atoms with Gasteiger partial charge in [-0.15, -0.1) is 0 Å². The molecule has 0 bridgehead atoms. The fourth-order valence-electron chi connectivity index (χ4n) is 1.32. The molecule has 1 aromatic carbocycles. The maximum Gasteiger partial charge on any atom is 0.339 e. The highest BCUT2D eigenvalue weighted by molar-refractivity contribution is 5.95. The van der Waals surface area contributed by atoms with E-state index < -0.39 is 23.7 Å². The molecule has 0 aliphatic heterocycles. The van der Waals surface area contributed by atoms with Crippen molar-refractivity contribution < 1.29 is 29.3 Å². The largest absolute Gasteiger partial charge is 0.507 e. The number of hydrogen-bond donors (Lipinski definition) is 4. The van der Waals surface area contributed by atoms with Crippen molar-refractivity contribution >= 4 is 23.7 Å². The fraction of sp³-hybridized carbons (Fsp3) is 0.250. The molecule has 0 fully saturated rings. The van der Waals surface area contributed by atoms with Gasteiger partial charge < -0.3 is 25.6 Å². The van der Waals surface area contributed by atoms with E-state index in [0.717, 1.165) is 12.1 Å². The topological polar surface area (TPSA) is 125 Å². The number of ether oxygens (including phenoxy) is 1. The predicted molar refractivity (Wildman–Crippen MR) is 68.7 cm³/mol. The first kappa shape index (κ1) is 15.3. The number of phenols is 1. The summed E-state index contributed by atoms with van der Waals surface area (Å²) in [7, 11) is 0. The van der Waals surface area contributed by atoms with Crippen LogP contribution in [0.5, 0.6) is 5.75 Å². The number of nitrogens with one attached hydrogen (secondary N) is 2. The number of aromatic carboxylic acids is 1. The van der Waals surface area contributed by atoms with Gasteiger partial charge >= 0.3 is 18.0 Å². The molecule has 1 rings (SSSR count). The predicted octanol–water partition coefficient (Wildman–Crippen LogP) is 0.775. The van der Waals surface area contributed by atoms with Gasteiger partial charge in [0, 0.05) is 5.69 Å². The molecular weight excluding hydrogens is 268 g/mol. The highest BCUT2D eigenvalue weighted by Gasteiger charge is 2.12. The standard InChI is InChI=1S/C12H14N2O6/c1-2-20-10(16)6-13-12(19)14-7-3-4-9(15)8(5-7)11(17)18/h3-5,15H,2,6H2,1H3,(H,17,18)(H2,13,14,19). The van der Waals surface area contributed by atoms with E-state index in [2.05, 4.69) is 15.4 Å². The minimum Gasteiger partial charge on any atom is -0.507 e. The van der Waals surface area contributed by atoms with Gasteiger partial charge in [-0.25, -0.2) is 9.59 Å². The van der Waals surface area contributed by atoms with E-state index in [1.165, 1.54) is 6.07 Å². The van der Waals surface area contributed by atoms with Gasteiger partial charge in [0.1, 0.15) is 17.9 Å². The number of urea groups is 1. The first-order valence-electron chi connectivity index (χ1n) is 5.70. The highest BCUT2D eigenvalue weighted by Crippen LogP contribution is 2.21. The van der Waals surface area contributed by atoms with E-state index >= 15 is 0 Å². The minimum atomic E-state index is -1.32. The Hall–Kier alpha value is -2.77. The number of esters is 1. The molecular formula is C12H14N2O6. The van der Waals surface area contributed by atoms with Gasteiger partial charge in [0.2, 0.25) is 0 Å². The van der Waals surface area contributed by atoms with Crippen LogP contribution in [-0.4, -0.2) is 41.3 Å². The Morgan fingerprint density at radius 2 is 2.00 bits per heavy atom. The highest BCUT2D eigenvalue weighted by atomic mass is 16.5. The first-order valence-corrected chi connectivity index (χ1v) is 5.70. The van der Waals surface area contributed by atoms with E-state index in [-0.39, 0.29) is 24.4 Å². The average Bonchev–Trinajstić information content (AvgIpc) is 2.39. The molecule has 0 atom stereocenters. The molecule has 0 saturated heterocycles. The molecule has 8 nitrogen and oxygen atoms in total. The zero-order chi connectivity index (χ0) is 15.1. The third-order valence-corrected chi connectivity index (χ3v) is 2.18. The molecule has 0 aromatic heterocycles. The van der Waals surface area contributed by atoms with Crippen LogP contribution in [0.4, 0.5) is 10.5 Å². The van der Waals surface area contributed by atoms with Crippen molar-refractivity contribution in [1.29, 1.82) is 0 Å². The second-order valence-corrected chi connectivity index (χ2v) is 3.65. The fourth-order valence-corrected chi connectivity index (χ4v) is 1.32. The van der Waals surface area contributed by atoms with E-state index in [4.69, 9.17) is 5.11 Å². The normalized spacial score (nSPS) is 9.65. The summed E-state index contributed by atoms with van der Waals surface area (Å²) in [6, 6.07) is 2.87. The van der Waals surface area contributed by atoms with Crippen molar-refractivity contribution in [1.82, 2.24) is 5.32 Å². The second-order valence-electron chi connectivity index (χ2n) is 3.65. The number of anilines is 1. The van der Waals surface area contributed by atoms with Crippen LogP contribution in [-0.2, 0) is 9.53 Å². The number of amides is 2. The van der Waals surface area contributed by atoms with Gasteiger partial charge in [-0.3, -0.25) is 4.79 Å². The Morgan fingerprint density at radius 3 is 2.60 bits per heavy atom. The van der Waals surface area contributed by atoms with Crippen LogP contribution in [0.15, 0.2) is 18.2 Å². The summed E-state index contributed by atoms with van der Waals surface area (Å²) in [5.41, 5.74) is -0.172. The summed E-state index contributed by atoms with van der Waals surface area (Å²) in [5, 5.41) is 22.7. The van der Waals surface area contributed by atoms with Crippen LogP contribution in [0.3, 0.4) is 0 Å². The quantitative estimate of drug-likeness (QED) is 0.467. The Bertz CT molecular complexity index is 529. The number of benzene rings is 1. The minimum absolute atomic E-state index is 0.168. The lowest BCUT2D eigenvalue weighted by Crippen LogP contribution is -2.34. The average molecular weight is 282 g/mol. The zero-order valence-corrected chi connectivity index (χ0v) is 10.7. The van der Waals surface area contributed by atoms with Crippen molar-refractivity contribution in [3.05, 3.63) is 23.8 Å². The molecule has 0 saturated carbocycles. The number of hydrogen-bond acceptors (Lipinski definition) is 5. The molecule has 2 amide bonds. The Balaban J connectivity index is 2.60. The van der Waals surface area contributed by atoms with Crippen molar-refractivity contribution in [2.45, 2.75) is 6.92 Å². The van der Waals surface area contributed by atoms with Crippen LogP contribution in [0.2, 0.25) is 0 Å². The van der Waals surface area contributed by atoms with Gasteiger partial charge in [0.15, 0.2) is 0 Å². The SMILES string of the molecule is CCOC(=O)CNC(=O)Nc1ccc(O)c(C(=O)O)c1. The van der Waals surface area contributed by atoms with Crippen LogP contribution >= 0.6 is 0 Å². The van der Waals surface area contributed by atoms with E-state index in [9.17, 15) is 19.5 Å². The maximum absolute atomic E-state index is 11.4. The Morgan fingerprint density at radius 1 is 1.30 bits per heavy atom. The summed E-state index contributed by atoms with van der Waals surface area (Å²) < 4.78 is 4.62. The van der Waals surface area contributed by atoms with E-state index in [1.807, 2.05) is 0 Å². The summed E-state index contributed by atoms with van der Waals surface area (Å²) in [5.74, 6) is -2.31.